The van der Waals surface area contributed by atoms with E-state index in [2.05, 4.69) is 4.72 Å². The topological polar surface area (TPSA) is 83.6 Å². The Morgan fingerprint density at radius 2 is 1.93 bits per heavy atom. The van der Waals surface area contributed by atoms with E-state index in [0.29, 0.717) is 35.0 Å². The first-order valence-corrected chi connectivity index (χ1v) is 11.2. The summed E-state index contributed by atoms with van der Waals surface area (Å²) in [4.78, 5) is 26.4. The molecule has 1 aliphatic rings. The number of piperidine rings is 1. The highest BCUT2D eigenvalue weighted by Gasteiger charge is 2.27. The first-order valence-electron chi connectivity index (χ1n) is 8.81. The molecule has 1 aromatic heterocycles. The molecular weight excluding hydrogens is 384 g/mol. The van der Waals surface area contributed by atoms with E-state index < -0.39 is 10.0 Å². The van der Waals surface area contributed by atoms with Crippen LogP contribution in [0.15, 0.2) is 46.0 Å². The van der Waals surface area contributed by atoms with E-state index >= 15 is 0 Å². The molecule has 1 atom stereocenters. The second-order valence-corrected chi connectivity index (χ2v) is 9.59. The summed E-state index contributed by atoms with van der Waals surface area (Å²) in [6.45, 7) is 2.82. The van der Waals surface area contributed by atoms with Gasteiger partial charge in [-0.1, -0.05) is 24.3 Å². The predicted molar refractivity (Wildman–Crippen MR) is 105 cm³/mol. The van der Waals surface area contributed by atoms with Crippen LogP contribution in [0.2, 0.25) is 0 Å². The molecule has 0 radical (unpaired) electrons. The van der Waals surface area contributed by atoms with Crippen LogP contribution < -0.4 is 4.72 Å². The summed E-state index contributed by atoms with van der Waals surface area (Å²) in [5.74, 6) is -0.273. The zero-order valence-electron chi connectivity index (χ0n) is 15.1. The number of thiophene rings is 1. The van der Waals surface area contributed by atoms with Crippen molar-refractivity contribution in [3.05, 3.63) is 52.9 Å². The minimum absolute atomic E-state index is 0.0435. The molecule has 0 bridgehead atoms. The number of likely N-dealkylation sites (tertiary alicyclic amines) is 1. The van der Waals surface area contributed by atoms with Gasteiger partial charge in [-0.3, -0.25) is 9.59 Å². The second kappa shape index (κ2) is 8.33. The molecule has 6 nitrogen and oxygen atoms in total. The van der Waals surface area contributed by atoms with Gasteiger partial charge in [-0.2, -0.15) is 0 Å². The molecule has 2 aromatic rings. The molecule has 1 fully saturated rings. The highest BCUT2D eigenvalue weighted by Crippen LogP contribution is 2.21. The highest BCUT2D eigenvalue weighted by molar-refractivity contribution is 7.91. The van der Waals surface area contributed by atoms with E-state index in [4.69, 9.17) is 0 Å². The molecule has 1 amide bonds. The van der Waals surface area contributed by atoms with Crippen molar-refractivity contribution in [1.82, 2.24) is 9.62 Å². The second-order valence-electron chi connectivity index (χ2n) is 6.65. The number of carbonyl (C=O) groups is 2. The van der Waals surface area contributed by atoms with Crippen molar-refractivity contribution in [2.75, 3.05) is 19.6 Å². The lowest BCUT2D eigenvalue weighted by molar-refractivity contribution is 0.0672. The van der Waals surface area contributed by atoms with E-state index in [-0.39, 0.29) is 17.6 Å². The van der Waals surface area contributed by atoms with Crippen molar-refractivity contribution in [2.45, 2.75) is 24.0 Å². The van der Waals surface area contributed by atoms with E-state index in [0.717, 1.165) is 12.8 Å². The van der Waals surface area contributed by atoms with Gasteiger partial charge in [-0.25, -0.2) is 13.1 Å². The molecule has 27 heavy (non-hydrogen) atoms. The smallest absolute Gasteiger partial charge is 0.254 e. The molecule has 0 aliphatic carbocycles. The van der Waals surface area contributed by atoms with Gasteiger partial charge in [0.05, 0.1) is 5.56 Å². The summed E-state index contributed by atoms with van der Waals surface area (Å²) in [6, 6.07) is 10.1. The lowest BCUT2D eigenvalue weighted by Crippen LogP contribution is -2.44. The summed E-state index contributed by atoms with van der Waals surface area (Å²) in [6.07, 6.45) is 1.66. The van der Waals surface area contributed by atoms with Crippen LogP contribution in [0.5, 0.6) is 0 Å². The van der Waals surface area contributed by atoms with Crippen LogP contribution >= 0.6 is 11.3 Å². The Bertz CT molecular complexity index is 923. The molecule has 144 valence electrons. The van der Waals surface area contributed by atoms with Gasteiger partial charge in [0, 0.05) is 25.2 Å². The maximum atomic E-state index is 12.9. The number of hydrogen-bond acceptors (Lipinski definition) is 5. The number of amides is 1. The number of Topliss-reactive ketones (excluding diaryl/α,β-unsaturated/α-hetero) is 1. The van der Waals surface area contributed by atoms with Gasteiger partial charge in [0.1, 0.15) is 4.21 Å². The minimum Gasteiger partial charge on any atom is -0.338 e. The number of rotatable bonds is 6. The number of benzene rings is 1. The average molecular weight is 407 g/mol. The molecule has 1 unspecified atom stereocenters. The van der Waals surface area contributed by atoms with Gasteiger partial charge >= 0.3 is 0 Å². The van der Waals surface area contributed by atoms with E-state index in [1.807, 2.05) is 0 Å². The van der Waals surface area contributed by atoms with Crippen molar-refractivity contribution in [1.29, 1.82) is 0 Å². The molecule has 1 saturated heterocycles. The van der Waals surface area contributed by atoms with Crippen LogP contribution in [0.3, 0.4) is 0 Å². The third-order valence-corrected chi connectivity index (χ3v) is 7.49. The van der Waals surface area contributed by atoms with E-state index in [9.17, 15) is 18.0 Å². The molecule has 8 heteroatoms. The van der Waals surface area contributed by atoms with Gasteiger partial charge in [0.2, 0.25) is 10.0 Å². The quantitative estimate of drug-likeness (QED) is 0.748. The zero-order valence-corrected chi connectivity index (χ0v) is 16.7. The molecule has 1 aromatic carbocycles. The Morgan fingerprint density at radius 3 is 2.59 bits per heavy atom. The van der Waals surface area contributed by atoms with Crippen LogP contribution in [0.4, 0.5) is 0 Å². The average Bonchev–Trinajstić information content (AvgIpc) is 3.22. The van der Waals surface area contributed by atoms with Crippen LogP contribution in [-0.4, -0.2) is 44.6 Å². The minimum atomic E-state index is -3.50. The molecule has 1 N–H and O–H groups in total. The maximum Gasteiger partial charge on any atom is 0.254 e. The fourth-order valence-electron chi connectivity index (χ4n) is 3.28. The molecule has 0 spiro atoms. The Kier molecular flexibility index (Phi) is 6.08. The van der Waals surface area contributed by atoms with Crippen LogP contribution in [0.1, 0.15) is 40.5 Å². The molecule has 3 rings (SSSR count). The Labute approximate surface area is 163 Å². The maximum absolute atomic E-state index is 12.9. The summed E-state index contributed by atoms with van der Waals surface area (Å²) in [5.41, 5.74) is 0.827. The zero-order chi connectivity index (χ0) is 19.4. The van der Waals surface area contributed by atoms with E-state index in [1.165, 1.54) is 18.3 Å². The first-order chi connectivity index (χ1) is 12.9. The van der Waals surface area contributed by atoms with Gasteiger partial charge in [-0.15, -0.1) is 11.3 Å². The standard InChI is InChI=1S/C19H22N2O4S2/c1-14(22)16-7-2-3-8-17(16)19(23)21-10-4-6-15(13-21)12-20-27(24,25)18-9-5-11-26-18/h2-3,5,7-9,11,15,20H,4,6,10,12-13H2,1H3. The number of nitrogens with zero attached hydrogens (tertiary/aromatic N) is 1. The fraction of sp³-hybridized carbons (Fsp3) is 0.368. The number of nitrogens with one attached hydrogen (secondary N) is 1. The Balaban J connectivity index is 1.66. The molecular formula is C19H22N2O4S2. The highest BCUT2D eigenvalue weighted by atomic mass is 32.2. The molecule has 2 heterocycles. The van der Waals surface area contributed by atoms with Crippen LogP contribution in [0.25, 0.3) is 0 Å². The lowest BCUT2D eigenvalue weighted by atomic mass is 9.96. The van der Waals surface area contributed by atoms with Crippen molar-refractivity contribution >= 4 is 33.1 Å². The summed E-state index contributed by atoms with van der Waals surface area (Å²) in [7, 11) is -3.50. The van der Waals surface area contributed by atoms with Crippen molar-refractivity contribution < 1.29 is 18.0 Å². The van der Waals surface area contributed by atoms with Gasteiger partial charge < -0.3 is 4.90 Å². The first kappa shape index (κ1) is 19.7. The van der Waals surface area contributed by atoms with Crippen LogP contribution in [-0.2, 0) is 10.0 Å². The Hall–Kier alpha value is -2.03. The summed E-state index contributed by atoms with van der Waals surface area (Å²) < 4.78 is 27.5. The summed E-state index contributed by atoms with van der Waals surface area (Å²) >= 11 is 1.18. The van der Waals surface area contributed by atoms with Crippen molar-refractivity contribution in [3.8, 4) is 0 Å². The van der Waals surface area contributed by atoms with Gasteiger partial charge in [-0.05, 0) is 43.2 Å². The summed E-state index contributed by atoms with van der Waals surface area (Å²) in [5, 5.41) is 1.72. The number of ketones is 1. The third-order valence-electron chi connectivity index (χ3n) is 4.66. The Morgan fingerprint density at radius 1 is 1.19 bits per heavy atom. The number of sulfonamides is 1. The monoisotopic (exact) mass is 406 g/mol. The third kappa shape index (κ3) is 4.63. The van der Waals surface area contributed by atoms with Crippen molar-refractivity contribution in [3.63, 3.8) is 0 Å². The number of hydrogen-bond donors (Lipinski definition) is 1. The molecule has 0 saturated carbocycles. The predicted octanol–water partition coefficient (Wildman–Crippen LogP) is 2.78. The van der Waals surface area contributed by atoms with Crippen molar-refractivity contribution in [2.24, 2.45) is 5.92 Å². The van der Waals surface area contributed by atoms with Gasteiger partial charge in [0.25, 0.3) is 5.91 Å². The number of carbonyl (C=O) groups excluding carboxylic acids is 2. The normalized spacial score (nSPS) is 17.7. The largest absolute Gasteiger partial charge is 0.338 e. The van der Waals surface area contributed by atoms with E-state index in [1.54, 1.807) is 46.7 Å². The molecule has 1 aliphatic heterocycles. The van der Waals surface area contributed by atoms with Gasteiger partial charge in [0.15, 0.2) is 5.78 Å². The fourth-order valence-corrected chi connectivity index (χ4v) is 5.43. The van der Waals surface area contributed by atoms with Crippen LogP contribution in [0, 0.1) is 5.92 Å². The SMILES string of the molecule is CC(=O)c1ccccc1C(=O)N1CCCC(CNS(=O)(=O)c2cccs2)C1. The lowest BCUT2D eigenvalue weighted by Gasteiger charge is -2.33.